The fourth-order valence-electron chi connectivity index (χ4n) is 4.01. The van der Waals surface area contributed by atoms with Crippen molar-refractivity contribution in [1.29, 1.82) is 0 Å². The van der Waals surface area contributed by atoms with Crippen molar-refractivity contribution in [2.24, 2.45) is 0 Å². The van der Waals surface area contributed by atoms with E-state index >= 15 is 0 Å². The average molecular weight is 655 g/mol. The molecule has 3 aromatic carbocycles. The number of benzene rings is 3. The number of hydrogen-bond acceptors (Lipinski definition) is 4. The molecule has 11 heteroatoms. The van der Waals surface area contributed by atoms with Gasteiger partial charge in [-0.2, -0.15) is 0 Å². The number of anilines is 1. The first-order valence-electron chi connectivity index (χ1n) is 12.3. The zero-order chi connectivity index (χ0) is 28.7. The summed E-state index contributed by atoms with van der Waals surface area (Å²) in [7, 11) is -4.14. The largest absolute Gasteiger partial charge is 0.352 e. The van der Waals surface area contributed by atoms with Gasteiger partial charge in [-0.25, -0.2) is 8.42 Å². The topological polar surface area (TPSA) is 86.8 Å². The summed E-state index contributed by atoms with van der Waals surface area (Å²) in [6.07, 6.45) is 0.303. The van der Waals surface area contributed by atoms with E-state index < -0.39 is 28.5 Å². The first kappa shape index (κ1) is 30.9. The maximum Gasteiger partial charge on any atom is 0.264 e. The number of nitrogens with zero attached hydrogens (tertiary/aromatic N) is 2. The minimum absolute atomic E-state index is 0.0173. The minimum atomic E-state index is -4.14. The van der Waals surface area contributed by atoms with E-state index in [0.717, 1.165) is 4.31 Å². The minimum Gasteiger partial charge on any atom is -0.352 e. The lowest BCUT2D eigenvalue weighted by Gasteiger charge is -2.33. The molecule has 1 atom stereocenters. The Balaban J connectivity index is 2.08. The van der Waals surface area contributed by atoms with E-state index in [-0.39, 0.29) is 23.4 Å². The van der Waals surface area contributed by atoms with Gasteiger partial charge in [0.15, 0.2) is 0 Å². The van der Waals surface area contributed by atoms with Crippen molar-refractivity contribution in [2.75, 3.05) is 10.8 Å². The Morgan fingerprint density at radius 2 is 1.67 bits per heavy atom. The van der Waals surface area contributed by atoms with Crippen LogP contribution in [0.25, 0.3) is 0 Å². The molecule has 1 N–H and O–H groups in total. The Kier molecular flexibility index (Phi) is 10.8. The second kappa shape index (κ2) is 13.7. The number of amides is 2. The van der Waals surface area contributed by atoms with Crippen molar-refractivity contribution >= 4 is 66.7 Å². The number of carbonyl (C=O) groups is 2. The van der Waals surface area contributed by atoms with Crippen molar-refractivity contribution in [1.82, 2.24) is 10.2 Å². The maximum absolute atomic E-state index is 14.0. The molecule has 0 aliphatic carbocycles. The number of sulfonamides is 1. The Bertz CT molecular complexity index is 1420. The standard InChI is InChI=1S/C28H30BrCl2N3O4S/c1-4-26(28(36)32-19(2)3)33(17-20-13-14-22(30)16-25(20)31)27(35)18-34(23-10-8-9-21(29)15-23)39(37,38)24-11-6-5-7-12-24/h5-16,19,26H,4,17-18H2,1-3H3,(H,32,36)/t26-/m0/s1. The molecule has 208 valence electrons. The van der Waals surface area contributed by atoms with Gasteiger partial charge in [-0.3, -0.25) is 13.9 Å². The van der Waals surface area contributed by atoms with Crippen LogP contribution in [0.15, 0.2) is 82.2 Å². The summed E-state index contributed by atoms with van der Waals surface area (Å²) in [5, 5.41) is 3.63. The van der Waals surface area contributed by atoms with E-state index in [1.807, 2.05) is 13.8 Å². The van der Waals surface area contributed by atoms with Crippen LogP contribution in [0, 0.1) is 0 Å². The van der Waals surface area contributed by atoms with Gasteiger partial charge in [0, 0.05) is 27.1 Å². The fraction of sp³-hybridized carbons (Fsp3) is 0.286. The van der Waals surface area contributed by atoms with Gasteiger partial charge in [-0.15, -0.1) is 0 Å². The number of carbonyl (C=O) groups excluding carboxylic acids is 2. The van der Waals surface area contributed by atoms with E-state index in [0.29, 0.717) is 32.2 Å². The van der Waals surface area contributed by atoms with Gasteiger partial charge in [0.25, 0.3) is 10.0 Å². The first-order chi connectivity index (χ1) is 18.4. The van der Waals surface area contributed by atoms with E-state index in [1.54, 1.807) is 67.6 Å². The lowest BCUT2D eigenvalue weighted by atomic mass is 10.1. The van der Waals surface area contributed by atoms with Crippen LogP contribution in [0.2, 0.25) is 10.0 Å². The van der Waals surface area contributed by atoms with E-state index in [1.165, 1.54) is 17.0 Å². The third-order valence-corrected chi connectivity index (χ3v) is 8.75. The quantitative estimate of drug-likeness (QED) is 0.264. The SMILES string of the molecule is CC[C@@H](C(=O)NC(C)C)N(Cc1ccc(Cl)cc1Cl)C(=O)CN(c1cccc(Br)c1)S(=O)(=O)c1ccccc1. The van der Waals surface area contributed by atoms with Crippen molar-refractivity contribution in [3.05, 3.63) is 92.9 Å². The zero-order valence-electron chi connectivity index (χ0n) is 21.8. The monoisotopic (exact) mass is 653 g/mol. The smallest absolute Gasteiger partial charge is 0.264 e. The second-order valence-electron chi connectivity index (χ2n) is 9.15. The number of hydrogen-bond donors (Lipinski definition) is 1. The van der Waals surface area contributed by atoms with Crippen LogP contribution in [0.1, 0.15) is 32.8 Å². The van der Waals surface area contributed by atoms with Crippen LogP contribution in [0.4, 0.5) is 5.69 Å². The van der Waals surface area contributed by atoms with Crippen LogP contribution in [0.3, 0.4) is 0 Å². The molecule has 0 saturated carbocycles. The molecule has 0 heterocycles. The molecular formula is C28H30BrCl2N3O4S. The highest BCUT2D eigenvalue weighted by Crippen LogP contribution is 2.28. The summed E-state index contributed by atoms with van der Waals surface area (Å²) in [5.74, 6) is -0.905. The van der Waals surface area contributed by atoms with Gasteiger partial charge in [0.05, 0.1) is 10.6 Å². The van der Waals surface area contributed by atoms with Crippen molar-refractivity contribution in [3.63, 3.8) is 0 Å². The van der Waals surface area contributed by atoms with Gasteiger partial charge in [0.2, 0.25) is 11.8 Å². The van der Waals surface area contributed by atoms with Gasteiger partial charge in [-0.05, 0) is 68.3 Å². The van der Waals surface area contributed by atoms with E-state index in [2.05, 4.69) is 21.2 Å². The van der Waals surface area contributed by atoms with Crippen molar-refractivity contribution in [3.8, 4) is 0 Å². The highest BCUT2D eigenvalue weighted by molar-refractivity contribution is 9.10. The highest BCUT2D eigenvalue weighted by Gasteiger charge is 2.34. The molecule has 0 aliphatic rings. The van der Waals surface area contributed by atoms with E-state index in [9.17, 15) is 18.0 Å². The van der Waals surface area contributed by atoms with Crippen LogP contribution in [0.5, 0.6) is 0 Å². The second-order valence-corrected chi connectivity index (χ2v) is 12.8. The molecule has 7 nitrogen and oxygen atoms in total. The average Bonchev–Trinajstić information content (AvgIpc) is 2.88. The molecule has 0 radical (unpaired) electrons. The van der Waals surface area contributed by atoms with Gasteiger partial charge < -0.3 is 10.2 Å². The third-order valence-electron chi connectivity index (χ3n) is 5.88. The molecule has 39 heavy (non-hydrogen) atoms. The van der Waals surface area contributed by atoms with Crippen LogP contribution >= 0.6 is 39.1 Å². The van der Waals surface area contributed by atoms with Crippen molar-refractivity contribution < 1.29 is 18.0 Å². The fourth-order valence-corrected chi connectivity index (χ4v) is 6.30. The summed E-state index contributed by atoms with van der Waals surface area (Å²) in [6.45, 7) is 4.89. The van der Waals surface area contributed by atoms with Crippen LogP contribution < -0.4 is 9.62 Å². The van der Waals surface area contributed by atoms with Crippen molar-refractivity contribution in [2.45, 2.75) is 50.7 Å². The Labute approximate surface area is 248 Å². The molecule has 0 fully saturated rings. The zero-order valence-corrected chi connectivity index (χ0v) is 25.7. The summed E-state index contributed by atoms with van der Waals surface area (Å²) in [4.78, 5) is 28.6. The third kappa shape index (κ3) is 7.97. The van der Waals surface area contributed by atoms with E-state index in [4.69, 9.17) is 23.2 Å². The van der Waals surface area contributed by atoms with Crippen LogP contribution in [-0.2, 0) is 26.2 Å². The Morgan fingerprint density at radius 1 is 0.974 bits per heavy atom. The molecule has 0 spiro atoms. The number of halogens is 3. The Morgan fingerprint density at radius 3 is 2.26 bits per heavy atom. The molecule has 0 aliphatic heterocycles. The molecule has 3 rings (SSSR count). The highest BCUT2D eigenvalue weighted by atomic mass is 79.9. The summed E-state index contributed by atoms with van der Waals surface area (Å²) in [6, 6.07) is 18.4. The maximum atomic E-state index is 14.0. The number of nitrogens with one attached hydrogen (secondary N) is 1. The van der Waals surface area contributed by atoms with Gasteiger partial charge in [0.1, 0.15) is 12.6 Å². The number of rotatable bonds is 11. The molecule has 0 bridgehead atoms. The summed E-state index contributed by atoms with van der Waals surface area (Å²) >= 11 is 15.9. The molecule has 2 amide bonds. The molecule has 0 unspecified atom stereocenters. The first-order valence-corrected chi connectivity index (χ1v) is 15.3. The van der Waals surface area contributed by atoms with Gasteiger partial charge >= 0.3 is 0 Å². The lowest BCUT2D eigenvalue weighted by molar-refractivity contribution is -0.140. The van der Waals surface area contributed by atoms with Gasteiger partial charge in [-0.1, -0.05) is 76.4 Å². The molecule has 0 saturated heterocycles. The summed E-state index contributed by atoms with van der Waals surface area (Å²) < 4.78 is 29.3. The predicted molar refractivity (Wildman–Crippen MR) is 159 cm³/mol. The lowest BCUT2D eigenvalue weighted by Crippen LogP contribution is -2.53. The summed E-state index contributed by atoms with van der Waals surface area (Å²) in [5.41, 5.74) is 0.871. The molecule has 3 aromatic rings. The normalized spacial score (nSPS) is 12.2. The van der Waals surface area contributed by atoms with Crippen LogP contribution in [-0.4, -0.2) is 43.8 Å². The molecular weight excluding hydrogens is 625 g/mol. The molecule has 0 aromatic heterocycles. The predicted octanol–water partition coefficient (Wildman–Crippen LogP) is 6.28. The Hall–Kier alpha value is -2.59.